The monoisotopic (exact) mass is 297 g/mol. The maximum absolute atomic E-state index is 12.0. The Morgan fingerprint density at radius 1 is 1.40 bits per heavy atom. The minimum atomic E-state index is -4.42. The van der Waals surface area contributed by atoms with Gasteiger partial charge in [-0.1, -0.05) is 5.16 Å². The van der Waals surface area contributed by atoms with Crippen molar-refractivity contribution < 1.29 is 23.2 Å². The van der Waals surface area contributed by atoms with E-state index in [0.717, 1.165) is 0 Å². The van der Waals surface area contributed by atoms with Crippen molar-refractivity contribution >= 4 is 11.9 Å². The number of hydrogen-bond acceptors (Lipinski definition) is 4. The number of hydrogen-bond donors (Lipinski definition) is 3. The van der Waals surface area contributed by atoms with Gasteiger partial charge in [-0.2, -0.15) is 13.2 Å². The van der Waals surface area contributed by atoms with Crippen LogP contribution in [0.2, 0.25) is 0 Å². The minimum absolute atomic E-state index is 0.0555. The zero-order chi connectivity index (χ0) is 15.3. The van der Waals surface area contributed by atoms with Gasteiger partial charge in [0.05, 0.1) is 6.04 Å². The van der Waals surface area contributed by atoms with E-state index in [1.165, 1.54) is 4.90 Å². The van der Waals surface area contributed by atoms with Gasteiger partial charge in [0, 0.05) is 26.2 Å². The number of rotatable bonds is 3. The van der Waals surface area contributed by atoms with Gasteiger partial charge in [-0.05, 0) is 6.92 Å². The molecule has 1 unspecified atom stereocenters. The summed E-state index contributed by atoms with van der Waals surface area (Å²) >= 11 is 0. The van der Waals surface area contributed by atoms with Gasteiger partial charge in [0.25, 0.3) is 0 Å². The van der Waals surface area contributed by atoms with Crippen molar-refractivity contribution in [3.05, 3.63) is 0 Å². The van der Waals surface area contributed by atoms with E-state index in [1.807, 2.05) is 10.2 Å². The smallest absolute Gasteiger partial charge is 0.405 e. The van der Waals surface area contributed by atoms with Gasteiger partial charge in [0.2, 0.25) is 0 Å². The number of carbonyl (C=O) groups is 1. The maximum Gasteiger partial charge on any atom is 0.405 e. The summed E-state index contributed by atoms with van der Waals surface area (Å²) in [5.41, 5.74) is 5.48. The number of oxime groups is 1. The van der Waals surface area contributed by atoms with Crippen LogP contribution in [0.3, 0.4) is 0 Å². The Morgan fingerprint density at radius 3 is 2.40 bits per heavy atom. The van der Waals surface area contributed by atoms with Crippen LogP contribution in [0.1, 0.15) is 6.92 Å². The van der Waals surface area contributed by atoms with E-state index in [1.54, 1.807) is 6.92 Å². The van der Waals surface area contributed by atoms with Gasteiger partial charge < -0.3 is 21.2 Å². The summed E-state index contributed by atoms with van der Waals surface area (Å²) in [4.78, 5) is 14.7. The Kier molecular flexibility index (Phi) is 5.43. The topological polar surface area (TPSA) is 94.2 Å². The molecule has 0 saturated carbocycles. The molecule has 4 N–H and O–H groups in total. The van der Waals surface area contributed by atoms with Crippen LogP contribution in [0.25, 0.3) is 0 Å². The molecule has 1 fully saturated rings. The van der Waals surface area contributed by atoms with Crippen molar-refractivity contribution in [1.82, 2.24) is 15.1 Å². The molecule has 0 radical (unpaired) electrons. The summed E-state index contributed by atoms with van der Waals surface area (Å²) in [6, 6.07) is -1.03. The van der Waals surface area contributed by atoms with Gasteiger partial charge in [-0.3, -0.25) is 4.90 Å². The van der Waals surface area contributed by atoms with Gasteiger partial charge in [0.1, 0.15) is 6.54 Å². The first-order valence-electron chi connectivity index (χ1n) is 6.05. The SMILES string of the molecule is CC(C(N)=NO)N1CCN(C(=O)NCC(F)(F)F)CC1. The van der Waals surface area contributed by atoms with Crippen molar-refractivity contribution in [1.29, 1.82) is 0 Å². The molecule has 1 atom stereocenters. The molecule has 0 aromatic heterocycles. The highest BCUT2D eigenvalue weighted by Crippen LogP contribution is 2.13. The van der Waals surface area contributed by atoms with Crippen molar-refractivity contribution in [2.45, 2.75) is 19.1 Å². The number of alkyl halides is 3. The average molecular weight is 297 g/mol. The molecule has 1 heterocycles. The summed E-state index contributed by atoms with van der Waals surface area (Å²) in [7, 11) is 0. The summed E-state index contributed by atoms with van der Waals surface area (Å²) in [5, 5.41) is 13.3. The van der Waals surface area contributed by atoms with E-state index in [2.05, 4.69) is 5.16 Å². The summed E-state index contributed by atoms with van der Waals surface area (Å²) in [6.07, 6.45) is -4.42. The lowest BCUT2D eigenvalue weighted by Crippen LogP contribution is -2.56. The van der Waals surface area contributed by atoms with Crippen LogP contribution in [-0.4, -0.2) is 71.8 Å². The largest absolute Gasteiger partial charge is 0.409 e. The van der Waals surface area contributed by atoms with Gasteiger partial charge in [0.15, 0.2) is 5.84 Å². The molecule has 10 heteroatoms. The highest BCUT2D eigenvalue weighted by molar-refractivity contribution is 5.84. The van der Waals surface area contributed by atoms with E-state index in [-0.39, 0.29) is 25.0 Å². The zero-order valence-electron chi connectivity index (χ0n) is 11.0. The van der Waals surface area contributed by atoms with E-state index >= 15 is 0 Å². The zero-order valence-corrected chi connectivity index (χ0v) is 11.0. The van der Waals surface area contributed by atoms with Crippen molar-refractivity contribution in [2.24, 2.45) is 10.9 Å². The third kappa shape index (κ3) is 4.76. The number of nitrogens with two attached hydrogens (primary N) is 1. The third-order valence-electron chi connectivity index (χ3n) is 3.13. The van der Waals surface area contributed by atoms with E-state index in [4.69, 9.17) is 10.9 Å². The molecule has 0 aromatic rings. The van der Waals surface area contributed by atoms with Gasteiger partial charge in [-0.25, -0.2) is 4.79 Å². The molecule has 1 aliphatic heterocycles. The first-order valence-corrected chi connectivity index (χ1v) is 6.05. The Bertz CT molecular complexity index is 366. The Hall–Kier alpha value is -1.71. The minimum Gasteiger partial charge on any atom is -0.409 e. The number of nitrogens with one attached hydrogen (secondary N) is 1. The molecule has 7 nitrogen and oxygen atoms in total. The molecule has 1 saturated heterocycles. The number of piperazine rings is 1. The lowest BCUT2D eigenvalue weighted by atomic mass is 10.2. The summed E-state index contributed by atoms with van der Waals surface area (Å²) < 4.78 is 36.0. The van der Waals surface area contributed by atoms with Crippen LogP contribution in [0.5, 0.6) is 0 Å². The molecule has 1 rings (SSSR count). The molecule has 0 aliphatic carbocycles. The first kappa shape index (κ1) is 16.3. The number of amidine groups is 1. The molecule has 0 bridgehead atoms. The van der Waals surface area contributed by atoms with E-state index in [9.17, 15) is 18.0 Å². The van der Waals surface area contributed by atoms with Crippen LogP contribution < -0.4 is 11.1 Å². The molecule has 0 aromatic carbocycles. The Balaban J connectivity index is 2.40. The first-order chi connectivity index (χ1) is 9.24. The summed E-state index contributed by atoms with van der Waals surface area (Å²) in [6.45, 7) is 1.86. The Morgan fingerprint density at radius 2 is 1.95 bits per heavy atom. The molecular weight excluding hydrogens is 279 g/mol. The molecular formula is C10H18F3N5O2. The van der Waals surface area contributed by atoms with E-state index < -0.39 is 18.8 Å². The lowest BCUT2D eigenvalue weighted by molar-refractivity contribution is -0.123. The number of halogens is 3. The predicted molar refractivity (Wildman–Crippen MR) is 65.5 cm³/mol. The highest BCUT2D eigenvalue weighted by atomic mass is 19.4. The number of nitrogens with zero attached hydrogens (tertiary/aromatic N) is 3. The molecule has 2 amide bonds. The second-order valence-corrected chi connectivity index (χ2v) is 4.50. The fourth-order valence-electron chi connectivity index (χ4n) is 1.87. The van der Waals surface area contributed by atoms with Crippen LogP contribution in [0, 0.1) is 0 Å². The third-order valence-corrected chi connectivity index (χ3v) is 3.13. The van der Waals surface area contributed by atoms with Crippen molar-refractivity contribution in [2.75, 3.05) is 32.7 Å². The van der Waals surface area contributed by atoms with Crippen LogP contribution >= 0.6 is 0 Å². The molecule has 20 heavy (non-hydrogen) atoms. The molecule has 0 spiro atoms. The molecule has 116 valence electrons. The van der Waals surface area contributed by atoms with Crippen molar-refractivity contribution in [3.63, 3.8) is 0 Å². The van der Waals surface area contributed by atoms with Gasteiger partial charge in [-0.15, -0.1) is 0 Å². The lowest BCUT2D eigenvalue weighted by Gasteiger charge is -2.37. The highest BCUT2D eigenvalue weighted by Gasteiger charge is 2.30. The van der Waals surface area contributed by atoms with E-state index in [0.29, 0.717) is 13.1 Å². The van der Waals surface area contributed by atoms with Crippen LogP contribution in [0.4, 0.5) is 18.0 Å². The number of carbonyl (C=O) groups excluding carboxylic acids is 1. The normalized spacial score (nSPS) is 19.8. The number of amides is 2. The van der Waals surface area contributed by atoms with Crippen LogP contribution in [-0.2, 0) is 0 Å². The van der Waals surface area contributed by atoms with Crippen LogP contribution in [0.15, 0.2) is 5.16 Å². The fraction of sp³-hybridized carbons (Fsp3) is 0.800. The van der Waals surface area contributed by atoms with Gasteiger partial charge >= 0.3 is 12.2 Å². The number of urea groups is 1. The van der Waals surface area contributed by atoms with Crippen molar-refractivity contribution in [3.8, 4) is 0 Å². The fourth-order valence-corrected chi connectivity index (χ4v) is 1.87. The summed E-state index contributed by atoms with van der Waals surface area (Å²) in [5.74, 6) is 0.0555. The quantitative estimate of drug-likeness (QED) is 0.296. The second kappa shape index (κ2) is 6.64. The standard InChI is InChI=1S/C10H18F3N5O2/c1-7(8(14)16-20)17-2-4-18(5-3-17)9(19)15-6-10(11,12)13/h7,20H,2-6H2,1H3,(H2,14,16)(H,15,19). The average Bonchev–Trinajstić information content (AvgIpc) is 2.42. The maximum atomic E-state index is 12.0. The predicted octanol–water partition coefficient (Wildman–Crippen LogP) is 0.0108. The second-order valence-electron chi connectivity index (χ2n) is 4.50. The molecule has 1 aliphatic rings. The Labute approximate surface area is 114 Å².